The zero-order valence-electron chi connectivity index (χ0n) is 11.4. The molecule has 0 atom stereocenters. The van der Waals surface area contributed by atoms with Gasteiger partial charge in [-0.2, -0.15) is 15.1 Å². The summed E-state index contributed by atoms with van der Waals surface area (Å²) in [6.07, 6.45) is 6.75. The molecule has 0 radical (unpaired) electrons. The highest BCUT2D eigenvalue weighted by Gasteiger charge is 2.24. The molecule has 1 fully saturated rings. The molecular formula is C13H20N6. The van der Waals surface area contributed by atoms with Crippen molar-refractivity contribution >= 4 is 22.8 Å². The maximum atomic E-state index is 5.78. The van der Waals surface area contributed by atoms with Crippen LogP contribution < -0.4 is 10.6 Å². The van der Waals surface area contributed by atoms with E-state index in [0.717, 1.165) is 17.1 Å². The molecule has 0 aromatic carbocycles. The summed E-state index contributed by atoms with van der Waals surface area (Å²) in [6, 6.07) is 0.531. The van der Waals surface area contributed by atoms with Gasteiger partial charge >= 0.3 is 0 Å². The summed E-state index contributed by atoms with van der Waals surface area (Å²) in [5.74, 6) is 2.02. The Hall–Kier alpha value is -1.85. The molecule has 0 spiro atoms. The minimum atomic E-state index is 0.294. The van der Waals surface area contributed by atoms with Crippen LogP contribution in [-0.2, 0) is 0 Å². The first-order valence-electron chi connectivity index (χ1n) is 6.84. The van der Waals surface area contributed by atoms with Crippen molar-refractivity contribution in [2.45, 2.75) is 38.6 Å². The molecular weight excluding hydrogens is 240 g/mol. The molecule has 1 aliphatic carbocycles. The highest BCUT2D eigenvalue weighted by atomic mass is 15.2. The predicted octanol–water partition coefficient (Wildman–Crippen LogP) is 1.95. The second-order valence-corrected chi connectivity index (χ2v) is 5.56. The molecule has 0 bridgehead atoms. The van der Waals surface area contributed by atoms with Crippen LogP contribution in [-0.4, -0.2) is 33.3 Å². The van der Waals surface area contributed by atoms with Crippen LogP contribution >= 0.6 is 0 Å². The number of fused-ring (bicyclic) bond motifs is 1. The van der Waals surface area contributed by atoms with Gasteiger partial charge in [0.05, 0.1) is 11.6 Å². The number of hydrogen-bond acceptors (Lipinski definition) is 5. The average Bonchev–Trinajstić information content (AvgIpc) is 2.85. The number of nitrogen functional groups attached to an aromatic ring is 1. The normalized spacial score (nSPS) is 23.7. The average molecular weight is 260 g/mol. The van der Waals surface area contributed by atoms with E-state index in [-0.39, 0.29) is 0 Å². The van der Waals surface area contributed by atoms with Crippen molar-refractivity contribution in [3.8, 4) is 0 Å². The van der Waals surface area contributed by atoms with Gasteiger partial charge in [-0.3, -0.25) is 5.10 Å². The summed E-state index contributed by atoms with van der Waals surface area (Å²) >= 11 is 0. The zero-order valence-corrected chi connectivity index (χ0v) is 11.4. The van der Waals surface area contributed by atoms with Gasteiger partial charge in [0.15, 0.2) is 5.65 Å². The molecule has 2 aromatic heterocycles. The van der Waals surface area contributed by atoms with Gasteiger partial charge in [0, 0.05) is 13.1 Å². The Morgan fingerprint density at radius 1 is 1.26 bits per heavy atom. The molecule has 0 aliphatic heterocycles. The lowest BCUT2D eigenvalue weighted by molar-refractivity contribution is 0.340. The Morgan fingerprint density at radius 2 is 2.00 bits per heavy atom. The van der Waals surface area contributed by atoms with Gasteiger partial charge in [0.25, 0.3) is 0 Å². The highest BCUT2D eigenvalue weighted by Crippen LogP contribution is 2.31. The minimum absolute atomic E-state index is 0.294. The Labute approximate surface area is 112 Å². The summed E-state index contributed by atoms with van der Waals surface area (Å²) in [6.45, 7) is 2.33. The quantitative estimate of drug-likeness (QED) is 0.862. The maximum Gasteiger partial charge on any atom is 0.224 e. The van der Waals surface area contributed by atoms with Crippen LogP contribution in [0.2, 0.25) is 0 Å². The van der Waals surface area contributed by atoms with E-state index in [1.54, 1.807) is 6.20 Å². The number of nitrogens with zero attached hydrogens (tertiary/aromatic N) is 4. The molecule has 2 aromatic rings. The number of nitrogens with one attached hydrogen (secondary N) is 1. The van der Waals surface area contributed by atoms with E-state index in [4.69, 9.17) is 5.73 Å². The standard InChI is InChI=1S/C13H20N6/c1-8-3-5-9(6-4-8)19(2)12-10-7-15-18-11(10)16-13(14)17-12/h7-9H,3-6H2,1-2H3,(H3,14,15,16,17,18). The van der Waals surface area contributed by atoms with Gasteiger partial charge in [0.2, 0.25) is 5.95 Å². The largest absolute Gasteiger partial charge is 0.368 e. The Balaban J connectivity index is 1.92. The number of aromatic amines is 1. The predicted molar refractivity (Wildman–Crippen MR) is 75.9 cm³/mol. The van der Waals surface area contributed by atoms with Gasteiger partial charge in [-0.25, -0.2) is 0 Å². The van der Waals surface area contributed by atoms with Crippen molar-refractivity contribution in [2.24, 2.45) is 5.92 Å². The summed E-state index contributed by atoms with van der Waals surface area (Å²) < 4.78 is 0. The Kier molecular flexibility index (Phi) is 3.00. The number of nitrogens with two attached hydrogens (primary N) is 1. The van der Waals surface area contributed by atoms with Crippen molar-refractivity contribution in [2.75, 3.05) is 17.7 Å². The van der Waals surface area contributed by atoms with Crippen molar-refractivity contribution in [1.29, 1.82) is 0 Å². The molecule has 0 unspecified atom stereocenters. The van der Waals surface area contributed by atoms with E-state index >= 15 is 0 Å². The second-order valence-electron chi connectivity index (χ2n) is 5.56. The summed E-state index contributed by atoms with van der Waals surface area (Å²) in [7, 11) is 2.09. The number of anilines is 2. The van der Waals surface area contributed by atoms with Crippen LogP contribution in [0.1, 0.15) is 32.6 Å². The smallest absolute Gasteiger partial charge is 0.224 e. The van der Waals surface area contributed by atoms with Crippen molar-refractivity contribution in [1.82, 2.24) is 20.2 Å². The van der Waals surface area contributed by atoms with E-state index in [9.17, 15) is 0 Å². The van der Waals surface area contributed by atoms with Gasteiger partial charge in [-0.1, -0.05) is 6.92 Å². The van der Waals surface area contributed by atoms with Crippen LogP contribution in [0.25, 0.3) is 11.0 Å². The third-order valence-corrected chi connectivity index (χ3v) is 4.17. The van der Waals surface area contributed by atoms with Crippen molar-refractivity contribution in [3.05, 3.63) is 6.20 Å². The lowest BCUT2D eigenvalue weighted by atomic mass is 9.87. The van der Waals surface area contributed by atoms with Crippen molar-refractivity contribution < 1.29 is 0 Å². The van der Waals surface area contributed by atoms with Gasteiger partial charge in [-0.05, 0) is 31.6 Å². The molecule has 102 valence electrons. The van der Waals surface area contributed by atoms with E-state index < -0.39 is 0 Å². The fraction of sp³-hybridized carbons (Fsp3) is 0.615. The highest BCUT2D eigenvalue weighted by molar-refractivity contribution is 5.87. The fourth-order valence-electron chi connectivity index (χ4n) is 2.91. The number of hydrogen-bond donors (Lipinski definition) is 2. The van der Waals surface area contributed by atoms with Crippen LogP contribution in [0, 0.1) is 5.92 Å². The molecule has 2 heterocycles. The first-order valence-corrected chi connectivity index (χ1v) is 6.84. The second kappa shape index (κ2) is 4.68. The minimum Gasteiger partial charge on any atom is -0.368 e. The summed E-state index contributed by atoms with van der Waals surface area (Å²) in [5.41, 5.74) is 6.48. The lowest BCUT2D eigenvalue weighted by Crippen LogP contribution is -2.35. The lowest BCUT2D eigenvalue weighted by Gasteiger charge is -2.34. The van der Waals surface area contributed by atoms with Crippen LogP contribution in [0.5, 0.6) is 0 Å². The molecule has 3 rings (SSSR count). The van der Waals surface area contributed by atoms with E-state index in [1.807, 2.05) is 0 Å². The number of aromatic nitrogens is 4. The zero-order chi connectivity index (χ0) is 13.4. The molecule has 0 amide bonds. The molecule has 1 aliphatic rings. The van der Waals surface area contributed by atoms with Gasteiger partial charge < -0.3 is 10.6 Å². The third kappa shape index (κ3) is 2.22. The summed E-state index contributed by atoms with van der Waals surface area (Å²) in [4.78, 5) is 10.8. The summed E-state index contributed by atoms with van der Waals surface area (Å²) in [5, 5.41) is 7.83. The van der Waals surface area contributed by atoms with Gasteiger partial charge in [0.1, 0.15) is 5.82 Å². The molecule has 3 N–H and O–H groups in total. The van der Waals surface area contributed by atoms with Crippen molar-refractivity contribution in [3.63, 3.8) is 0 Å². The monoisotopic (exact) mass is 260 g/mol. The van der Waals surface area contributed by atoms with Gasteiger partial charge in [-0.15, -0.1) is 0 Å². The van der Waals surface area contributed by atoms with E-state index in [2.05, 4.69) is 39.0 Å². The number of H-pyrrole nitrogens is 1. The molecule has 19 heavy (non-hydrogen) atoms. The Bertz CT molecular complexity index is 570. The van der Waals surface area contributed by atoms with Crippen LogP contribution in [0.3, 0.4) is 0 Å². The van der Waals surface area contributed by atoms with Crippen LogP contribution in [0.15, 0.2) is 6.20 Å². The number of rotatable bonds is 2. The Morgan fingerprint density at radius 3 is 2.74 bits per heavy atom. The molecule has 6 heteroatoms. The first-order chi connectivity index (χ1) is 9.15. The maximum absolute atomic E-state index is 5.78. The van der Waals surface area contributed by atoms with E-state index in [0.29, 0.717) is 17.6 Å². The SMILES string of the molecule is CC1CCC(N(C)c2nc(N)nc3[nH]ncc23)CC1. The molecule has 0 saturated heterocycles. The van der Waals surface area contributed by atoms with Crippen LogP contribution in [0.4, 0.5) is 11.8 Å². The third-order valence-electron chi connectivity index (χ3n) is 4.17. The molecule has 6 nitrogen and oxygen atoms in total. The fourth-order valence-corrected chi connectivity index (χ4v) is 2.91. The molecule has 1 saturated carbocycles. The first kappa shape index (κ1) is 12.2. The topological polar surface area (TPSA) is 83.7 Å². The van der Waals surface area contributed by atoms with E-state index in [1.165, 1.54) is 25.7 Å².